The number of benzene rings is 1. The first-order chi connectivity index (χ1) is 28.1. The molecule has 2 saturated heterocycles. The predicted molar refractivity (Wildman–Crippen MR) is 212 cm³/mol. The van der Waals surface area contributed by atoms with Crippen molar-refractivity contribution in [1.29, 1.82) is 0 Å². The number of unbranched alkanes of at least 4 members (excludes halogenated alkanes) is 2. The van der Waals surface area contributed by atoms with E-state index in [-0.39, 0.29) is 47.9 Å². The largest absolute Gasteiger partial charge is 0.384 e. The lowest BCUT2D eigenvalue weighted by molar-refractivity contribution is -0.136. The summed E-state index contributed by atoms with van der Waals surface area (Å²) < 4.78 is 2.07. The molecule has 4 aromatic rings. The maximum atomic E-state index is 13.3. The van der Waals surface area contributed by atoms with Gasteiger partial charge in [-0.1, -0.05) is 18.6 Å². The van der Waals surface area contributed by atoms with Crippen molar-refractivity contribution in [3.63, 3.8) is 0 Å². The smallest absolute Gasteiger partial charge is 0.270 e. The number of likely N-dealkylation sites (tertiary alicyclic amines) is 1. The number of anilines is 2. The number of imide groups is 2. The molecule has 1 aliphatic carbocycles. The first-order valence-electron chi connectivity index (χ1n) is 20.2. The van der Waals surface area contributed by atoms with Crippen LogP contribution in [0.1, 0.15) is 107 Å². The zero-order valence-corrected chi connectivity index (χ0v) is 32.4. The molecule has 302 valence electrons. The van der Waals surface area contributed by atoms with Crippen LogP contribution in [-0.2, 0) is 14.4 Å². The van der Waals surface area contributed by atoms with Gasteiger partial charge in [-0.2, -0.15) is 0 Å². The lowest BCUT2D eigenvalue weighted by Gasteiger charge is -2.36. The third kappa shape index (κ3) is 7.97. The molecular formula is C41H47N11O6. The average molecular weight is 790 g/mol. The van der Waals surface area contributed by atoms with E-state index in [0.29, 0.717) is 49.2 Å². The Hall–Kier alpha value is -6.26. The summed E-state index contributed by atoms with van der Waals surface area (Å²) in [6.07, 6.45) is 9.67. The van der Waals surface area contributed by atoms with Crippen molar-refractivity contribution in [2.75, 3.05) is 36.8 Å². The number of hydrogen-bond acceptors (Lipinski definition) is 12. The van der Waals surface area contributed by atoms with E-state index in [2.05, 4.69) is 45.8 Å². The minimum absolute atomic E-state index is 0.0613. The first-order valence-corrected chi connectivity index (χ1v) is 20.2. The van der Waals surface area contributed by atoms with E-state index in [1.54, 1.807) is 36.9 Å². The zero-order valence-electron chi connectivity index (χ0n) is 32.4. The summed E-state index contributed by atoms with van der Waals surface area (Å²) in [5, 5.41) is 12.1. The second-order valence-electron chi connectivity index (χ2n) is 15.6. The third-order valence-electron chi connectivity index (χ3n) is 11.7. The van der Waals surface area contributed by atoms with Gasteiger partial charge in [0.1, 0.15) is 23.6 Å². The van der Waals surface area contributed by atoms with Gasteiger partial charge in [-0.15, -0.1) is 0 Å². The molecule has 0 bridgehead atoms. The van der Waals surface area contributed by atoms with Gasteiger partial charge in [0.05, 0.1) is 17.5 Å². The summed E-state index contributed by atoms with van der Waals surface area (Å²) in [7, 11) is 0. The van der Waals surface area contributed by atoms with Gasteiger partial charge >= 0.3 is 0 Å². The number of nitrogens with one attached hydrogen (secondary N) is 4. The predicted octanol–water partition coefficient (Wildman–Crippen LogP) is 3.39. The second kappa shape index (κ2) is 16.7. The molecule has 8 rings (SSSR count). The molecule has 3 fully saturated rings. The highest BCUT2D eigenvalue weighted by Gasteiger charge is 2.45. The number of piperidine rings is 2. The Kier molecular flexibility index (Phi) is 11.1. The summed E-state index contributed by atoms with van der Waals surface area (Å²) in [4.78, 5) is 97.0. The van der Waals surface area contributed by atoms with E-state index >= 15 is 0 Å². The number of hydrogen-bond donors (Lipinski definition) is 4. The highest BCUT2D eigenvalue weighted by Crippen LogP contribution is 2.36. The Balaban J connectivity index is 0.733. The Morgan fingerprint density at radius 2 is 1.71 bits per heavy atom. The van der Waals surface area contributed by atoms with Crippen LogP contribution < -0.4 is 21.3 Å². The summed E-state index contributed by atoms with van der Waals surface area (Å²) in [5.41, 5.74) is 3.72. The van der Waals surface area contributed by atoms with E-state index in [1.807, 2.05) is 24.0 Å². The van der Waals surface area contributed by atoms with Crippen LogP contribution in [0.5, 0.6) is 0 Å². The lowest BCUT2D eigenvalue weighted by atomic mass is 9.86. The molecular weight excluding hydrogens is 743 g/mol. The Morgan fingerprint density at radius 1 is 0.897 bits per heavy atom. The van der Waals surface area contributed by atoms with Crippen LogP contribution in [0, 0.1) is 12.8 Å². The van der Waals surface area contributed by atoms with Crippen molar-refractivity contribution in [2.45, 2.75) is 89.3 Å². The molecule has 0 spiro atoms. The molecule has 6 amide bonds. The number of amides is 6. The summed E-state index contributed by atoms with van der Waals surface area (Å²) in [6.45, 7) is 4.56. The molecule has 1 aromatic carbocycles. The van der Waals surface area contributed by atoms with Gasteiger partial charge < -0.3 is 25.4 Å². The van der Waals surface area contributed by atoms with Crippen molar-refractivity contribution in [2.24, 2.45) is 5.92 Å². The van der Waals surface area contributed by atoms with E-state index in [9.17, 15) is 28.8 Å². The fourth-order valence-electron chi connectivity index (χ4n) is 8.36. The summed E-state index contributed by atoms with van der Waals surface area (Å²) >= 11 is 0. The normalized spacial score (nSPS) is 20.8. The molecule has 17 nitrogen and oxygen atoms in total. The van der Waals surface area contributed by atoms with E-state index in [1.165, 1.54) is 0 Å². The molecule has 3 aliphatic heterocycles. The Bertz CT molecular complexity index is 2260. The van der Waals surface area contributed by atoms with Gasteiger partial charge in [0.2, 0.25) is 17.7 Å². The lowest BCUT2D eigenvalue weighted by Crippen LogP contribution is -2.54. The number of carbonyl (C=O) groups excluding carboxylic acids is 6. The monoisotopic (exact) mass is 789 g/mol. The van der Waals surface area contributed by atoms with Crippen LogP contribution in [-0.4, -0.2) is 108 Å². The molecule has 4 aliphatic rings. The fraction of sp³-hybridized carbons (Fsp3) is 0.463. The van der Waals surface area contributed by atoms with Crippen molar-refractivity contribution < 1.29 is 28.8 Å². The first kappa shape index (κ1) is 38.6. The number of imidazole rings is 1. The minimum Gasteiger partial charge on any atom is -0.384 e. The van der Waals surface area contributed by atoms with Gasteiger partial charge in [-0.05, 0) is 82.1 Å². The molecule has 3 aromatic heterocycles. The molecule has 1 atom stereocenters. The zero-order chi connectivity index (χ0) is 40.3. The highest BCUT2D eigenvalue weighted by molar-refractivity contribution is 6.25. The molecule has 58 heavy (non-hydrogen) atoms. The van der Waals surface area contributed by atoms with Crippen LogP contribution in [0.3, 0.4) is 0 Å². The number of aromatic nitrogens is 5. The van der Waals surface area contributed by atoms with E-state index in [0.717, 1.165) is 73.2 Å². The Labute approximate surface area is 334 Å². The molecule has 17 heteroatoms. The second-order valence-corrected chi connectivity index (χ2v) is 15.6. The maximum Gasteiger partial charge on any atom is 0.270 e. The molecule has 4 N–H and O–H groups in total. The number of fused-ring (bicyclic) bond motifs is 2. The number of nitrogens with zero attached hydrogens (tertiary/aromatic N) is 7. The molecule has 0 radical (unpaired) electrons. The SMILES string of the molecule is Cc1cccc(C(=O)NC2CC(n3cnc4c(NCC5CCN(C(=O)CCCCCNc6cccc7c6C(=O)N([C@@H]6CCC(=O)NC6=O)C7=O)CC5)ncnc43)C2)n1. The summed E-state index contributed by atoms with van der Waals surface area (Å²) in [6, 6.07) is 9.67. The quantitative estimate of drug-likeness (QED) is 0.107. The molecule has 1 saturated carbocycles. The summed E-state index contributed by atoms with van der Waals surface area (Å²) in [5.74, 6) is -1.05. The average Bonchev–Trinajstić information content (AvgIpc) is 3.75. The van der Waals surface area contributed by atoms with Gasteiger partial charge in [-0.3, -0.25) is 39.0 Å². The van der Waals surface area contributed by atoms with Crippen LogP contribution in [0.4, 0.5) is 11.5 Å². The van der Waals surface area contributed by atoms with Crippen molar-refractivity contribution in [3.8, 4) is 0 Å². The number of aryl methyl sites for hydroxylation is 1. The van der Waals surface area contributed by atoms with E-state index in [4.69, 9.17) is 0 Å². The number of pyridine rings is 1. The van der Waals surface area contributed by atoms with Crippen molar-refractivity contribution >= 4 is 58.1 Å². The Morgan fingerprint density at radius 3 is 2.50 bits per heavy atom. The minimum atomic E-state index is -1.01. The van der Waals surface area contributed by atoms with Gasteiger partial charge in [0.25, 0.3) is 17.7 Å². The van der Waals surface area contributed by atoms with Crippen molar-refractivity contribution in [3.05, 3.63) is 71.6 Å². The third-order valence-corrected chi connectivity index (χ3v) is 11.7. The molecule has 6 heterocycles. The van der Waals surface area contributed by atoms with Gasteiger partial charge in [-0.25, -0.2) is 19.9 Å². The molecule has 0 unspecified atom stereocenters. The van der Waals surface area contributed by atoms with E-state index < -0.39 is 29.7 Å². The standard InChI is InChI=1S/C41H47N11O6/c1-24-7-5-10-30(47-24)38(55)48-26-19-27(20-26)51-23-46-35-36(44-22-45-37(35)51)43-21-25-14-17-50(18-15-25)33(54)11-3-2-4-16-42-29-9-6-8-28-34(29)41(58)52(40(28)57)31-12-13-32(53)49-39(31)56/h5-10,22-23,25-27,31,42H,2-4,11-21H2,1H3,(H,48,55)(H,43,44,45)(H,49,53,56)/t26?,27?,31-/m1/s1. The van der Waals surface area contributed by atoms with Crippen LogP contribution in [0.2, 0.25) is 0 Å². The fourth-order valence-corrected chi connectivity index (χ4v) is 8.36. The van der Waals surface area contributed by atoms with Crippen LogP contribution in [0.15, 0.2) is 49.1 Å². The van der Waals surface area contributed by atoms with Crippen molar-refractivity contribution in [1.82, 2.24) is 44.9 Å². The van der Waals surface area contributed by atoms with Crippen LogP contribution >= 0.6 is 0 Å². The topological polar surface area (TPSA) is 214 Å². The van der Waals surface area contributed by atoms with Gasteiger partial charge in [0.15, 0.2) is 11.5 Å². The number of carbonyl (C=O) groups is 6. The van der Waals surface area contributed by atoms with Gasteiger partial charge in [0, 0.05) is 62.5 Å². The maximum absolute atomic E-state index is 13.3. The van der Waals surface area contributed by atoms with Crippen LogP contribution in [0.25, 0.3) is 11.2 Å². The number of rotatable bonds is 14. The highest BCUT2D eigenvalue weighted by atomic mass is 16.2.